The maximum atomic E-state index is 6.20. The Balaban J connectivity index is 1.20. The minimum atomic E-state index is 0.649. The van der Waals surface area contributed by atoms with Gasteiger partial charge in [0.05, 0.1) is 5.69 Å². The van der Waals surface area contributed by atoms with Crippen LogP contribution in [0.3, 0.4) is 0 Å². The van der Waals surface area contributed by atoms with Gasteiger partial charge in [0, 0.05) is 5.02 Å². The lowest BCUT2D eigenvalue weighted by Crippen LogP contribution is -1.98. The fourth-order valence-electron chi connectivity index (χ4n) is 7.46. The first-order chi connectivity index (χ1) is 24.7. The molecule has 0 saturated carbocycles. The summed E-state index contributed by atoms with van der Waals surface area (Å²) in [6.07, 6.45) is 0. The van der Waals surface area contributed by atoms with Crippen LogP contribution in [-0.2, 0) is 0 Å². The van der Waals surface area contributed by atoms with Crippen molar-refractivity contribution in [1.82, 2.24) is 15.0 Å². The Hall–Kier alpha value is -6.29. The van der Waals surface area contributed by atoms with Crippen LogP contribution in [0.2, 0.25) is 5.02 Å². The van der Waals surface area contributed by atoms with E-state index in [4.69, 9.17) is 11.6 Å². The normalized spacial score (nSPS) is 11.7. The van der Waals surface area contributed by atoms with Gasteiger partial charge in [-0.3, -0.25) is 0 Å². The Labute approximate surface area is 293 Å². The predicted octanol–water partition coefficient (Wildman–Crippen LogP) is 12.7. The van der Waals surface area contributed by atoms with Gasteiger partial charge in [0.2, 0.25) is 0 Å². The van der Waals surface area contributed by atoms with Crippen molar-refractivity contribution in [3.63, 3.8) is 0 Å². The highest BCUT2D eigenvalue weighted by molar-refractivity contribution is 6.31. The van der Waals surface area contributed by atoms with Gasteiger partial charge in [-0.2, -0.15) is 4.80 Å². The molecule has 0 atom stereocenters. The van der Waals surface area contributed by atoms with Gasteiger partial charge in [-0.1, -0.05) is 133 Å². The van der Waals surface area contributed by atoms with Gasteiger partial charge in [0.15, 0.2) is 0 Å². The van der Waals surface area contributed by atoms with E-state index < -0.39 is 0 Å². The Morgan fingerprint density at radius 3 is 1.54 bits per heavy atom. The Kier molecular flexibility index (Phi) is 6.55. The van der Waals surface area contributed by atoms with Crippen LogP contribution in [0, 0.1) is 0 Å². The van der Waals surface area contributed by atoms with Gasteiger partial charge in [-0.25, -0.2) is 0 Å². The summed E-state index contributed by atoms with van der Waals surface area (Å²) in [6, 6.07) is 60.7. The second kappa shape index (κ2) is 11.4. The number of nitrogens with zero attached hydrogens (tertiary/aromatic N) is 3. The van der Waals surface area contributed by atoms with Gasteiger partial charge in [0.25, 0.3) is 0 Å². The van der Waals surface area contributed by atoms with Crippen LogP contribution in [0.15, 0.2) is 170 Å². The molecule has 4 heteroatoms. The summed E-state index contributed by atoms with van der Waals surface area (Å²) < 4.78 is 0. The van der Waals surface area contributed by atoms with E-state index in [1.165, 1.54) is 65.3 Å². The predicted molar refractivity (Wildman–Crippen MR) is 210 cm³/mol. The SMILES string of the molecule is Clc1ccc2nn(-c3ccc(-c4ccc5c(-c6ccc7ccccc7c6)c6ccccc6c(-c6ccc7ccccc7c6)c5c4)cc3)nc2c1. The summed E-state index contributed by atoms with van der Waals surface area (Å²) in [5.41, 5.74) is 9.67. The lowest BCUT2D eigenvalue weighted by Gasteiger charge is -2.19. The Morgan fingerprint density at radius 2 is 0.880 bits per heavy atom. The smallest absolute Gasteiger partial charge is 0.115 e. The topological polar surface area (TPSA) is 30.7 Å². The molecular formula is C46H28ClN3. The lowest BCUT2D eigenvalue weighted by molar-refractivity contribution is 0.766. The van der Waals surface area contributed by atoms with E-state index in [2.05, 4.69) is 162 Å². The summed E-state index contributed by atoms with van der Waals surface area (Å²) >= 11 is 6.20. The van der Waals surface area contributed by atoms with Crippen LogP contribution in [0.1, 0.15) is 0 Å². The minimum Gasteiger partial charge on any atom is -0.150 e. The quantitative estimate of drug-likeness (QED) is 0.176. The lowest BCUT2D eigenvalue weighted by atomic mass is 9.84. The van der Waals surface area contributed by atoms with Crippen LogP contribution in [0.4, 0.5) is 0 Å². The van der Waals surface area contributed by atoms with Crippen LogP contribution < -0.4 is 0 Å². The molecule has 0 N–H and O–H groups in total. The molecule has 0 spiro atoms. The van der Waals surface area contributed by atoms with Gasteiger partial charge >= 0.3 is 0 Å². The van der Waals surface area contributed by atoms with E-state index in [1.54, 1.807) is 4.80 Å². The zero-order chi connectivity index (χ0) is 33.2. The first-order valence-electron chi connectivity index (χ1n) is 16.8. The van der Waals surface area contributed by atoms with Gasteiger partial charge in [0.1, 0.15) is 11.0 Å². The molecule has 0 aliphatic carbocycles. The average Bonchev–Trinajstić information content (AvgIpc) is 3.60. The van der Waals surface area contributed by atoms with E-state index in [9.17, 15) is 0 Å². The van der Waals surface area contributed by atoms with Crippen molar-refractivity contribution in [2.75, 3.05) is 0 Å². The molecule has 0 bridgehead atoms. The fraction of sp³-hybridized carbons (Fsp3) is 0. The Morgan fingerprint density at radius 1 is 0.360 bits per heavy atom. The van der Waals surface area contributed by atoms with Crippen LogP contribution in [0.5, 0.6) is 0 Å². The summed E-state index contributed by atoms with van der Waals surface area (Å²) in [7, 11) is 0. The zero-order valence-electron chi connectivity index (χ0n) is 26.9. The van der Waals surface area contributed by atoms with Crippen molar-refractivity contribution in [2.24, 2.45) is 0 Å². The fourth-order valence-corrected chi connectivity index (χ4v) is 7.63. The molecule has 9 aromatic carbocycles. The number of rotatable bonds is 4. The molecule has 1 aromatic heterocycles. The molecule has 0 radical (unpaired) electrons. The molecular weight excluding hydrogens is 630 g/mol. The van der Waals surface area contributed by atoms with E-state index in [0.717, 1.165) is 27.8 Å². The summed E-state index contributed by atoms with van der Waals surface area (Å²) in [4.78, 5) is 1.67. The summed E-state index contributed by atoms with van der Waals surface area (Å²) in [6.45, 7) is 0. The standard InChI is InChI=1S/C46H28ClN3/c47-37-20-24-43-44(28-37)49-50(48-43)38-21-17-31(18-22-38)34-19-23-41-42(27-34)46(36-16-14-30-8-2-4-10-33(30)26-36)40-12-6-5-11-39(40)45(41)35-15-13-29-7-1-3-9-32(29)25-35/h1-28H. The minimum absolute atomic E-state index is 0.649. The van der Waals surface area contributed by atoms with E-state index in [0.29, 0.717) is 5.02 Å². The number of fused-ring (bicyclic) bond motifs is 5. The maximum absolute atomic E-state index is 6.20. The zero-order valence-corrected chi connectivity index (χ0v) is 27.6. The maximum Gasteiger partial charge on any atom is 0.115 e. The average molecular weight is 658 g/mol. The monoisotopic (exact) mass is 657 g/mol. The molecule has 0 aliphatic rings. The molecule has 50 heavy (non-hydrogen) atoms. The molecule has 3 nitrogen and oxygen atoms in total. The molecule has 0 unspecified atom stereocenters. The molecule has 10 rings (SSSR count). The second-order valence-electron chi connectivity index (χ2n) is 12.8. The Bertz CT molecular complexity index is 2940. The van der Waals surface area contributed by atoms with Crippen LogP contribution in [-0.4, -0.2) is 15.0 Å². The first-order valence-corrected chi connectivity index (χ1v) is 17.1. The number of hydrogen-bond donors (Lipinski definition) is 0. The van der Waals surface area contributed by atoms with Crippen molar-refractivity contribution < 1.29 is 0 Å². The van der Waals surface area contributed by atoms with E-state index in [1.807, 2.05) is 18.2 Å². The van der Waals surface area contributed by atoms with Gasteiger partial charge in [-0.05, 0) is 125 Å². The second-order valence-corrected chi connectivity index (χ2v) is 13.3. The summed E-state index contributed by atoms with van der Waals surface area (Å²) in [5.74, 6) is 0. The molecule has 0 fully saturated rings. The molecule has 0 saturated heterocycles. The van der Waals surface area contributed by atoms with Crippen molar-refractivity contribution in [3.05, 3.63) is 175 Å². The van der Waals surface area contributed by atoms with Crippen LogP contribution in [0.25, 0.3) is 93.2 Å². The van der Waals surface area contributed by atoms with Crippen molar-refractivity contribution in [2.45, 2.75) is 0 Å². The number of hydrogen-bond acceptors (Lipinski definition) is 2. The first kappa shape index (κ1) is 28.7. The van der Waals surface area contributed by atoms with Crippen molar-refractivity contribution >= 4 is 65.7 Å². The third-order valence-corrected chi connectivity index (χ3v) is 10.1. The number of halogens is 1. The highest BCUT2D eigenvalue weighted by Gasteiger charge is 2.18. The number of aromatic nitrogens is 3. The highest BCUT2D eigenvalue weighted by Crippen LogP contribution is 2.45. The third-order valence-electron chi connectivity index (χ3n) is 9.87. The molecule has 234 valence electrons. The van der Waals surface area contributed by atoms with Crippen molar-refractivity contribution in [1.29, 1.82) is 0 Å². The third kappa shape index (κ3) is 4.74. The van der Waals surface area contributed by atoms with Gasteiger partial charge < -0.3 is 0 Å². The largest absolute Gasteiger partial charge is 0.150 e. The van der Waals surface area contributed by atoms with Crippen LogP contribution >= 0.6 is 11.6 Å². The molecule has 0 amide bonds. The van der Waals surface area contributed by atoms with Crippen molar-refractivity contribution in [3.8, 4) is 39.1 Å². The number of benzene rings is 9. The summed E-state index contributed by atoms with van der Waals surface area (Å²) in [5, 5.41) is 19.9. The van der Waals surface area contributed by atoms with Gasteiger partial charge in [-0.15, -0.1) is 10.2 Å². The molecule has 10 aromatic rings. The van der Waals surface area contributed by atoms with E-state index in [-0.39, 0.29) is 0 Å². The molecule has 0 aliphatic heterocycles. The molecule has 1 heterocycles. The van der Waals surface area contributed by atoms with E-state index >= 15 is 0 Å². The highest BCUT2D eigenvalue weighted by atomic mass is 35.5.